The van der Waals surface area contributed by atoms with Gasteiger partial charge in [-0.15, -0.1) is 0 Å². The minimum Gasteiger partial charge on any atom is -0.377 e. The number of fused-ring (bicyclic) bond motifs is 3. The standard InChI is InChI=1S/C19H25BrN2O3/c1-13-19(2)10-16(21-13)17(23)9-15-14(5-6-18(20)22-15)11-24-7-3-4-8-25-12-19/h3-6,13,16,21H,7-12H2,1-2H3/t13-,16+,19-/m1/s1. The Labute approximate surface area is 157 Å². The van der Waals surface area contributed by atoms with Crippen LogP contribution in [-0.4, -0.2) is 42.7 Å². The van der Waals surface area contributed by atoms with Crippen molar-refractivity contribution in [2.45, 2.75) is 45.4 Å². The number of aromatic nitrogens is 1. The fraction of sp³-hybridized carbons (Fsp3) is 0.579. The quantitative estimate of drug-likeness (QED) is 0.528. The lowest BCUT2D eigenvalue weighted by molar-refractivity contribution is -0.120. The van der Waals surface area contributed by atoms with Gasteiger partial charge in [0.25, 0.3) is 0 Å². The second-order valence-corrected chi connectivity index (χ2v) is 8.00. The van der Waals surface area contributed by atoms with Crippen molar-refractivity contribution in [3.63, 3.8) is 0 Å². The number of rotatable bonds is 0. The van der Waals surface area contributed by atoms with Crippen molar-refractivity contribution in [3.8, 4) is 0 Å². The molecular formula is C19H25BrN2O3. The summed E-state index contributed by atoms with van der Waals surface area (Å²) in [5.74, 6) is 0.176. The zero-order chi connectivity index (χ0) is 17.9. The second kappa shape index (κ2) is 8.08. The molecule has 0 unspecified atom stereocenters. The topological polar surface area (TPSA) is 60.4 Å². The van der Waals surface area contributed by atoms with Crippen LogP contribution >= 0.6 is 15.9 Å². The van der Waals surface area contributed by atoms with E-state index in [1.54, 1.807) is 0 Å². The van der Waals surface area contributed by atoms with Gasteiger partial charge in [-0.25, -0.2) is 4.98 Å². The van der Waals surface area contributed by atoms with Crippen molar-refractivity contribution in [1.82, 2.24) is 10.3 Å². The van der Waals surface area contributed by atoms with E-state index >= 15 is 0 Å². The molecule has 0 aliphatic carbocycles. The lowest BCUT2D eigenvalue weighted by atomic mass is 9.82. The summed E-state index contributed by atoms with van der Waals surface area (Å²) in [5.41, 5.74) is 1.71. The van der Waals surface area contributed by atoms with Gasteiger partial charge in [0, 0.05) is 11.5 Å². The maximum absolute atomic E-state index is 12.9. The van der Waals surface area contributed by atoms with Gasteiger partial charge in [-0.1, -0.05) is 25.1 Å². The third kappa shape index (κ3) is 4.56. The van der Waals surface area contributed by atoms with Crippen molar-refractivity contribution in [2.75, 3.05) is 19.8 Å². The first-order valence-corrected chi connectivity index (χ1v) is 9.51. The molecule has 1 saturated heterocycles. The van der Waals surface area contributed by atoms with E-state index in [4.69, 9.17) is 9.47 Å². The summed E-state index contributed by atoms with van der Waals surface area (Å²) in [7, 11) is 0. The van der Waals surface area contributed by atoms with E-state index in [0.717, 1.165) is 22.3 Å². The van der Waals surface area contributed by atoms with Gasteiger partial charge in [-0.2, -0.15) is 0 Å². The van der Waals surface area contributed by atoms with Gasteiger partial charge < -0.3 is 14.8 Å². The Hall–Kier alpha value is -1.08. The Morgan fingerprint density at radius 2 is 2.04 bits per heavy atom. The summed E-state index contributed by atoms with van der Waals surface area (Å²) in [6, 6.07) is 3.94. The van der Waals surface area contributed by atoms with Crippen molar-refractivity contribution >= 4 is 21.7 Å². The molecule has 25 heavy (non-hydrogen) atoms. The fourth-order valence-electron chi connectivity index (χ4n) is 3.41. The molecule has 136 valence electrons. The Morgan fingerprint density at radius 1 is 1.28 bits per heavy atom. The highest BCUT2D eigenvalue weighted by Gasteiger charge is 2.43. The van der Waals surface area contributed by atoms with E-state index in [1.807, 2.05) is 24.3 Å². The smallest absolute Gasteiger partial charge is 0.155 e. The summed E-state index contributed by atoms with van der Waals surface area (Å²) < 4.78 is 12.2. The maximum Gasteiger partial charge on any atom is 0.155 e. The van der Waals surface area contributed by atoms with Gasteiger partial charge in [0.15, 0.2) is 5.78 Å². The van der Waals surface area contributed by atoms with Crippen LogP contribution in [0.5, 0.6) is 0 Å². The van der Waals surface area contributed by atoms with Gasteiger partial charge in [-0.05, 0) is 40.9 Å². The number of hydrogen-bond acceptors (Lipinski definition) is 5. The summed E-state index contributed by atoms with van der Waals surface area (Å²) >= 11 is 3.40. The van der Waals surface area contributed by atoms with E-state index in [2.05, 4.69) is 40.1 Å². The van der Waals surface area contributed by atoms with Crippen LogP contribution in [0.2, 0.25) is 0 Å². The lowest BCUT2D eigenvalue weighted by Crippen LogP contribution is -2.38. The predicted octanol–water partition coefficient (Wildman–Crippen LogP) is 2.82. The van der Waals surface area contributed by atoms with Crippen LogP contribution in [0.15, 0.2) is 28.9 Å². The van der Waals surface area contributed by atoms with Crippen LogP contribution in [0.1, 0.15) is 31.5 Å². The molecule has 2 bridgehead atoms. The summed E-state index contributed by atoms with van der Waals surface area (Å²) in [5, 5.41) is 3.45. The molecule has 3 rings (SSSR count). The molecule has 5 nitrogen and oxygen atoms in total. The summed E-state index contributed by atoms with van der Waals surface area (Å²) in [6.07, 6.45) is 5.06. The van der Waals surface area contributed by atoms with Gasteiger partial charge >= 0.3 is 0 Å². The van der Waals surface area contributed by atoms with Gasteiger partial charge in [-0.3, -0.25) is 4.79 Å². The molecular weight excluding hydrogens is 384 g/mol. The van der Waals surface area contributed by atoms with Crippen LogP contribution < -0.4 is 5.32 Å². The molecule has 1 N–H and O–H groups in total. The van der Waals surface area contributed by atoms with Crippen molar-refractivity contribution < 1.29 is 14.3 Å². The first kappa shape index (κ1) is 18.7. The number of Topliss-reactive ketones (excluding diaryl/α,β-unsaturated/α-hetero) is 1. The van der Waals surface area contributed by atoms with Crippen molar-refractivity contribution in [2.24, 2.45) is 5.41 Å². The maximum atomic E-state index is 12.9. The predicted molar refractivity (Wildman–Crippen MR) is 99.4 cm³/mol. The molecule has 3 atom stereocenters. The Morgan fingerprint density at radius 3 is 2.84 bits per heavy atom. The van der Waals surface area contributed by atoms with E-state index in [-0.39, 0.29) is 23.3 Å². The highest BCUT2D eigenvalue weighted by molar-refractivity contribution is 9.10. The van der Waals surface area contributed by atoms with Crippen LogP contribution in [0, 0.1) is 5.41 Å². The molecule has 0 radical (unpaired) electrons. The Bertz CT molecular complexity index is 664. The molecule has 1 aromatic heterocycles. The molecule has 3 heterocycles. The van der Waals surface area contributed by atoms with E-state index in [0.29, 0.717) is 32.8 Å². The first-order chi connectivity index (χ1) is 12.0. The molecule has 1 fully saturated rings. The molecule has 1 aromatic rings. The monoisotopic (exact) mass is 408 g/mol. The number of nitrogens with one attached hydrogen (secondary N) is 1. The SMILES string of the molecule is C[C@H]1N[C@H]2C[C@]1(C)COCC=CCOCc1ccc(Br)nc1CC2=O. The van der Waals surface area contributed by atoms with Gasteiger partial charge in [0.1, 0.15) is 4.60 Å². The zero-order valence-electron chi connectivity index (χ0n) is 14.8. The van der Waals surface area contributed by atoms with Gasteiger partial charge in [0.2, 0.25) is 0 Å². The summed E-state index contributed by atoms with van der Waals surface area (Å²) in [6.45, 7) is 6.48. The largest absolute Gasteiger partial charge is 0.377 e. The normalized spacial score (nSPS) is 31.2. The molecule has 0 aromatic carbocycles. The highest BCUT2D eigenvalue weighted by Crippen LogP contribution is 2.35. The minimum absolute atomic E-state index is 0.0433. The van der Waals surface area contributed by atoms with Crippen molar-refractivity contribution in [1.29, 1.82) is 0 Å². The van der Waals surface area contributed by atoms with Crippen LogP contribution in [0.3, 0.4) is 0 Å². The number of carbonyl (C=O) groups is 1. The number of ketones is 1. The molecule has 2 aliphatic heterocycles. The van der Waals surface area contributed by atoms with Crippen molar-refractivity contribution in [3.05, 3.63) is 40.1 Å². The second-order valence-electron chi connectivity index (χ2n) is 7.18. The average Bonchev–Trinajstić information content (AvgIpc) is 2.86. The Balaban J connectivity index is 1.84. The van der Waals surface area contributed by atoms with Crippen LogP contribution in [0.4, 0.5) is 0 Å². The molecule has 6 heteroatoms. The van der Waals surface area contributed by atoms with E-state index in [9.17, 15) is 4.79 Å². The highest BCUT2D eigenvalue weighted by atomic mass is 79.9. The first-order valence-electron chi connectivity index (χ1n) is 8.71. The fourth-order valence-corrected chi connectivity index (χ4v) is 3.75. The number of hydrogen-bond donors (Lipinski definition) is 1. The van der Waals surface area contributed by atoms with E-state index in [1.165, 1.54) is 0 Å². The minimum atomic E-state index is -0.154. The molecule has 2 aliphatic rings. The number of nitrogens with zero attached hydrogens (tertiary/aromatic N) is 1. The third-order valence-electron chi connectivity index (χ3n) is 5.22. The Kier molecular flexibility index (Phi) is 6.04. The lowest BCUT2D eigenvalue weighted by Gasteiger charge is -2.27. The molecule has 0 spiro atoms. The third-order valence-corrected chi connectivity index (χ3v) is 5.66. The van der Waals surface area contributed by atoms with Crippen LogP contribution in [0.25, 0.3) is 0 Å². The summed E-state index contributed by atoms with van der Waals surface area (Å²) in [4.78, 5) is 17.4. The number of pyridine rings is 1. The average molecular weight is 409 g/mol. The number of halogens is 1. The van der Waals surface area contributed by atoms with Gasteiger partial charge in [0.05, 0.1) is 44.6 Å². The molecule has 0 amide bonds. The van der Waals surface area contributed by atoms with E-state index < -0.39 is 0 Å². The number of ether oxygens (including phenoxy) is 2. The van der Waals surface area contributed by atoms with Crippen LogP contribution in [-0.2, 0) is 27.3 Å². The molecule has 0 saturated carbocycles. The zero-order valence-corrected chi connectivity index (χ0v) is 16.3. The number of carbonyl (C=O) groups excluding carboxylic acids is 1.